The molecule has 0 unspecified atom stereocenters. The molecule has 10 rings (SSSR count). The molecule has 0 amide bonds. The molecule has 0 radical (unpaired) electrons. The molecule has 8 aromatic carbocycles. The summed E-state index contributed by atoms with van der Waals surface area (Å²) in [5, 5.41) is 2.69. The minimum atomic E-state index is -0.446. The number of aromatic nitrogens is 3. The van der Waals surface area contributed by atoms with Gasteiger partial charge in [0, 0.05) is 33.0 Å². The molecule has 4 heteroatoms. The largest absolute Gasteiger partial charge is 0.455 e. The Morgan fingerprint density at radius 1 is 0.396 bits per heavy atom. The first-order valence-electron chi connectivity index (χ1n) is 20.3. The molecule has 248 valence electrons. The Hall–Kier alpha value is -7.17. The van der Waals surface area contributed by atoms with Crippen LogP contribution in [0.1, 0.15) is 8.22 Å². The number of fused-ring (bicyclic) bond motifs is 4. The summed E-state index contributed by atoms with van der Waals surface area (Å²) >= 11 is 0. The number of hydrogen-bond acceptors (Lipinski definition) is 4. The van der Waals surface area contributed by atoms with Crippen LogP contribution in [-0.2, 0) is 0 Å². The van der Waals surface area contributed by atoms with Crippen molar-refractivity contribution < 1.29 is 12.6 Å². The lowest BCUT2D eigenvalue weighted by atomic mass is 9.97. The van der Waals surface area contributed by atoms with Crippen molar-refractivity contribution in [3.8, 4) is 67.5 Å². The first-order chi connectivity index (χ1) is 28.7. The van der Waals surface area contributed by atoms with E-state index >= 15 is 0 Å². The quantitative estimate of drug-likeness (QED) is 0.175. The fourth-order valence-electron chi connectivity index (χ4n) is 6.85. The summed E-state index contributed by atoms with van der Waals surface area (Å²) in [6, 6.07) is 47.6. The van der Waals surface area contributed by atoms with Crippen LogP contribution in [0, 0.1) is 0 Å². The smallest absolute Gasteiger partial charge is 0.164 e. The van der Waals surface area contributed by atoms with E-state index in [9.17, 15) is 2.74 Å². The molecule has 0 saturated carbocycles. The molecule has 53 heavy (non-hydrogen) atoms. The fraction of sp³-hybridized carbons (Fsp3) is 0. The van der Waals surface area contributed by atoms with Crippen LogP contribution in [0.25, 0.3) is 100 Å². The molecule has 0 atom stereocenters. The summed E-state index contributed by atoms with van der Waals surface area (Å²) in [6.45, 7) is 0. The van der Waals surface area contributed by atoms with Gasteiger partial charge in [0.1, 0.15) is 11.2 Å². The van der Waals surface area contributed by atoms with E-state index in [0.717, 1.165) is 22.3 Å². The molecule has 2 aromatic heterocycles. The van der Waals surface area contributed by atoms with Gasteiger partial charge in [0.15, 0.2) is 17.5 Å². The van der Waals surface area contributed by atoms with Gasteiger partial charge < -0.3 is 4.42 Å². The van der Waals surface area contributed by atoms with Crippen LogP contribution in [-0.4, -0.2) is 15.0 Å². The third-order valence-corrected chi connectivity index (χ3v) is 9.50. The van der Waals surface area contributed by atoms with E-state index in [2.05, 4.69) is 54.6 Å². The Labute approximate surface area is 315 Å². The Morgan fingerprint density at radius 2 is 0.962 bits per heavy atom. The molecule has 0 fully saturated rings. The minimum Gasteiger partial charge on any atom is -0.455 e. The van der Waals surface area contributed by atoms with Crippen molar-refractivity contribution in [1.82, 2.24) is 15.0 Å². The second-order valence-electron chi connectivity index (χ2n) is 12.8. The number of benzene rings is 8. The first kappa shape index (κ1) is 24.9. The highest BCUT2D eigenvalue weighted by atomic mass is 16.3. The molecule has 0 aliphatic rings. The zero-order chi connectivity index (χ0) is 40.4. The summed E-state index contributed by atoms with van der Waals surface area (Å²) in [6.07, 6.45) is 0. The molecule has 4 nitrogen and oxygen atoms in total. The minimum absolute atomic E-state index is 0.0669. The summed E-state index contributed by atoms with van der Waals surface area (Å²) in [5.74, 6) is 0.721. The zero-order valence-corrected chi connectivity index (χ0v) is 28.2. The molecule has 0 spiro atoms. The maximum atomic E-state index is 9.53. The van der Waals surface area contributed by atoms with E-state index < -0.39 is 12.1 Å². The van der Waals surface area contributed by atoms with Crippen LogP contribution < -0.4 is 0 Å². The lowest BCUT2D eigenvalue weighted by Crippen LogP contribution is -2.00. The third kappa shape index (κ3) is 5.63. The van der Waals surface area contributed by atoms with E-state index in [1.54, 1.807) is 12.1 Å². The topological polar surface area (TPSA) is 51.8 Å². The SMILES string of the molecule is [2H]c1c([2H])c([2H])c2c(oc3c(-c4ccccc4)c([2H])c([2H])c(-c4nc(-c5ccccc5)nc(-c5cccc(-c6ccc(-c7ccc8ccccc8c7)cc6)c5)n4)c32)c1[2H]. The van der Waals surface area contributed by atoms with Crippen molar-refractivity contribution in [2.45, 2.75) is 0 Å². The highest BCUT2D eigenvalue weighted by Crippen LogP contribution is 2.41. The van der Waals surface area contributed by atoms with Crippen LogP contribution in [0.3, 0.4) is 0 Å². The summed E-state index contributed by atoms with van der Waals surface area (Å²) in [4.78, 5) is 14.8. The van der Waals surface area contributed by atoms with Crippen molar-refractivity contribution >= 4 is 32.7 Å². The summed E-state index contributed by atoms with van der Waals surface area (Å²) < 4.78 is 60.0. The molecular formula is C49H31N3O. The average molecular weight is 684 g/mol. The van der Waals surface area contributed by atoms with Gasteiger partial charge in [0.25, 0.3) is 0 Å². The van der Waals surface area contributed by atoms with Gasteiger partial charge in [-0.2, -0.15) is 0 Å². The fourth-order valence-corrected chi connectivity index (χ4v) is 6.85. The van der Waals surface area contributed by atoms with Gasteiger partial charge in [-0.1, -0.05) is 158 Å². The Balaban J connectivity index is 1.17. The lowest BCUT2D eigenvalue weighted by molar-refractivity contribution is 0.670. The predicted octanol–water partition coefficient (Wildman–Crippen LogP) is 12.9. The second-order valence-corrected chi connectivity index (χ2v) is 12.8. The second kappa shape index (κ2) is 12.9. The Bertz CT molecular complexity index is 3280. The maximum Gasteiger partial charge on any atom is 0.164 e. The van der Waals surface area contributed by atoms with Crippen molar-refractivity contribution in [3.63, 3.8) is 0 Å². The number of hydrogen-bond donors (Lipinski definition) is 0. The van der Waals surface area contributed by atoms with Crippen LogP contribution in [0.15, 0.2) is 192 Å². The average Bonchev–Trinajstić information content (AvgIpc) is 3.68. The normalized spacial score (nSPS) is 13.0. The van der Waals surface area contributed by atoms with E-state index in [0.29, 0.717) is 33.9 Å². The summed E-state index contributed by atoms with van der Waals surface area (Å²) in [7, 11) is 0. The van der Waals surface area contributed by atoms with Gasteiger partial charge in [0.05, 0.1) is 8.22 Å². The monoisotopic (exact) mass is 683 g/mol. The van der Waals surface area contributed by atoms with Gasteiger partial charge >= 0.3 is 0 Å². The van der Waals surface area contributed by atoms with Crippen molar-refractivity contribution in [1.29, 1.82) is 0 Å². The van der Waals surface area contributed by atoms with Gasteiger partial charge in [-0.05, 0) is 68.8 Å². The molecular weight excluding hydrogens is 647 g/mol. The first-order valence-corrected chi connectivity index (χ1v) is 17.3. The number of nitrogens with zero attached hydrogens (tertiary/aromatic N) is 3. The standard InChI is InChI=1S/C49H31N3O/c1-3-13-35(14-4-1)41-28-29-43(45-42-20-9-10-21-44(42)53-46(41)45)49-51-47(36-15-5-2-6-16-36)50-48(52-49)40-19-11-18-38(31-40)33-22-24-34(25-23-33)39-27-26-32-12-7-8-17-37(32)30-39/h1-31H/i9D,10D,20D,21D,28D,29D. The number of para-hydroxylation sites is 1. The summed E-state index contributed by atoms with van der Waals surface area (Å²) in [5.41, 5.74) is 6.63. The molecule has 0 aliphatic heterocycles. The molecule has 2 heterocycles. The van der Waals surface area contributed by atoms with Crippen LogP contribution in [0.4, 0.5) is 0 Å². The van der Waals surface area contributed by atoms with E-state index in [-0.39, 0.29) is 57.5 Å². The number of rotatable bonds is 6. The van der Waals surface area contributed by atoms with Gasteiger partial charge in [-0.3, -0.25) is 0 Å². The van der Waals surface area contributed by atoms with Crippen molar-refractivity contribution in [3.05, 3.63) is 188 Å². The third-order valence-electron chi connectivity index (χ3n) is 9.50. The molecule has 10 aromatic rings. The van der Waals surface area contributed by atoms with Crippen LogP contribution in [0.5, 0.6) is 0 Å². The van der Waals surface area contributed by atoms with E-state index in [1.807, 2.05) is 84.9 Å². The zero-order valence-electron chi connectivity index (χ0n) is 34.2. The van der Waals surface area contributed by atoms with Gasteiger partial charge in [-0.25, -0.2) is 15.0 Å². The molecule has 0 aliphatic carbocycles. The van der Waals surface area contributed by atoms with Crippen LogP contribution >= 0.6 is 0 Å². The lowest BCUT2D eigenvalue weighted by Gasteiger charge is -2.12. The van der Waals surface area contributed by atoms with E-state index in [4.69, 9.17) is 24.9 Å². The maximum absolute atomic E-state index is 9.53. The highest BCUT2D eigenvalue weighted by Gasteiger charge is 2.20. The Morgan fingerprint density at radius 3 is 1.74 bits per heavy atom. The molecule has 0 saturated heterocycles. The van der Waals surface area contributed by atoms with Crippen molar-refractivity contribution in [2.24, 2.45) is 0 Å². The highest BCUT2D eigenvalue weighted by molar-refractivity contribution is 6.15. The van der Waals surface area contributed by atoms with Crippen molar-refractivity contribution in [2.75, 3.05) is 0 Å². The van der Waals surface area contributed by atoms with Crippen LogP contribution in [0.2, 0.25) is 0 Å². The number of furan rings is 1. The molecule has 0 N–H and O–H groups in total. The molecule has 0 bridgehead atoms. The van der Waals surface area contributed by atoms with Gasteiger partial charge in [-0.15, -0.1) is 0 Å². The van der Waals surface area contributed by atoms with Gasteiger partial charge in [0.2, 0.25) is 0 Å². The van der Waals surface area contributed by atoms with E-state index in [1.165, 1.54) is 10.8 Å². The Kier molecular flexibility index (Phi) is 6.04. The predicted molar refractivity (Wildman–Crippen MR) is 217 cm³/mol.